The Labute approximate surface area is 146 Å². The maximum atomic E-state index is 14.2. The molecule has 4 nitrogen and oxygen atoms in total. The van der Waals surface area contributed by atoms with Crippen molar-refractivity contribution in [1.29, 1.82) is 0 Å². The van der Waals surface area contributed by atoms with Gasteiger partial charge in [0.05, 0.1) is 25.3 Å². The molecular weight excluding hydrogens is 345 g/mol. The quantitative estimate of drug-likeness (QED) is 0.681. The van der Waals surface area contributed by atoms with E-state index in [1.54, 1.807) is 0 Å². The Kier molecular flexibility index (Phi) is 9.77. The van der Waals surface area contributed by atoms with Gasteiger partial charge in [0.25, 0.3) is 5.92 Å². The predicted octanol–water partition coefficient (Wildman–Crippen LogP) is 3.20. The van der Waals surface area contributed by atoms with Crippen LogP contribution in [0.4, 0.5) is 13.2 Å². The van der Waals surface area contributed by atoms with Crippen LogP contribution in [0.3, 0.4) is 0 Å². The molecule has 0 heterocycles. The van der Waals surface area contributed by atoms with Gasteiger partial charge >= 0.3 is 0 Å². The van der Waals surface area contributed by atoms with Crippen LogP contribution in [0.25, 0.3) is 0 Å². The molecule has 138 valence electrons. The SMILES string of the molecule is CCCCOc1cccc(C(F)(F)CNCC(=O)N(C)C)c1F.Cl. The number of hydrogen-bond acceptors (Lipinski definition) is 3. The molecule has 1 rings (SSSR count). The summed E-state index contributed by atoms with van der Waals surface area (Å²) < 4.78 is 47.7. The number of benzene rings is 1. The fraction of sp³-hybridized carbons (Fsp3) is 0.562. The molecule has 1 amide bonds. The minimum atomic E-state index is -3.44. The Morgan fingerprint density at radius 2 is 2.00 bits per heavy atom. The lowest BCUT2D eigenvalue weighted by Crippen LogP contribution is -2.38. The summed E-state index contributed by atoms with van der Waals surface area (Å²) in [4.78, 5) is 12.6. The highest BCUT2D eigenvalue weighted by molar-refractivity contribution is 5.85. The lowest BCUT2D eigenvalue weighted by atomic mass is 10.1. The number of nitrogens with zero attached hydrogens (tertiary/aromatic N) is 1. The van der Waals surface area contributed by atoms with Crippen molar-refractivity contribution in [3.63, 3.8) is 0 Å². The summed E-state index contributed by atoms with van der Waals surface area (Å²) in [7, 11) is 3.05. The number of carbonyl (C=O) groups is 1. The van der Waals surface area contributed by atoms with Gasteiger partial charge in [-0.1, -0.05) is 19.4 Å². The summed E-state index contributed by atoms with van der Waals surface area (Å²) in [5.74, 6) is -5.02. The van der Waals surface area contributed by atoms with Gasteiger partial charge in [0.15, 0.2) is 11.6 Å². The molecule has 24 heavy (non-hydrogen) atoms. The molecule has 0 aliphatic heterocycles. The second kappa shape index (κ2) is 10.4. The fourth-order valence-electron chi connectivity index (χ4n) is 1.81. The molecule has 0 fully saturated rings. The first-order valence-electron chi connectivity index (χ1n) is 7.50. The van der Waals surface area contributed by atoms with Crippen molar-refractivity contribution in [3.05, 3.63) is 29.6 Å². The first-order chi connectivity index (χ1) is 10.8. The molecule has 0 unspecified atom stereocenters. The highest BCUT2D eigenvalue weighted by Gasteiger charge is 2.35. The molecule has 0 bridgehead atoms. The van der Waals surface area contributed by atoms with Gasteiger partial charge in [-0.25, -0.2) is 4.39 Å². The zero-order chi connectivity index (χ0) is 17.5. The maximum Gasteiger partial charge on any atom is 0.288 e. The molecule has 8 heteroatoms. The van der Waals surface area contributed by atoms with Gasteiger partial charge in [0, 0.05) is 14.1 Å². The smallest absolute Gasteiger partial charge is 0.288 e. The van der Waals surface area contributed by atoms with Crippen molar-refractivity contribution >= 4 is 18.3 Å². The number of unbranched alkanes of at least 4 members (excludes halogenated alkanes) is 1. The van der Waals surface area contributed by atoms with E-state index in [0.717, 1.165) is 12.5 Å². The predicted molar refractivity (Wildman–Crippen MR) is 89.5 cm³/mol. The van der Waals surface area contributed by atoms with Crippen molar-refractivity contribution in [2.45, 2.75) is 25.7 Å². The van der Waals surface area contributed by atoms with E-state index in [-0.39, 0.29) is 37.2 Å². The Bertz CT molecular complexity index is 528. The molecule has 0 aliphatic rings. The van der Waals surface area contributed by atoms with Crippen molar-refractivity contribution in [2.75, 3.05) is 33.8 Å². The second-order valence-corrected chi connectivity index (χ2v) is 5.42. The Morgan fingerprint density at radius 3 is 2.58 bits per heavy atom. The van der Waals surface area contributed by atoms with Gasteiger partial charge < -0.3 is 15.0 Å². The standard InChI is InChI=1S/C16H23F3N2O2.ClH/c1-4-5-9-23-13-8-6-7-12(15(13)17)16(18,19)11-20-10-14(22)21(2)3;/h6-8,20H,4-5,9-11H2,1-3H3;1H. The van der Waals surface area contributed by atoms with Crippen LogP contribution in [0.2, 0.25) is 0 Å². The third-order valence-electron chi connectivity index (χ3n) is 3.23. The fourth-order valence-corrected chi connectivity index (χ4v) is 1.81. The lowest BCUT2D eigenvalue weighted by Gasteiger charge is -2.20. The number of carbonyl (C=O) groups excluding carboxylic acids is 1. The van der Waals surface area contributed by atoms with E-state index >= 15 is 0 Å². The zero-order valence-electron chi connectivity index (χ0n) is 14.1. The molecule has 0 aromatic heterocycles. The van der Waals surface area contributed by atoms with Crippen LogP contribution < -0.4 is 10.1 Å². The van der Waals surface area contributed by atoms with Crippen molar-refractivity contribution in [2.24, 2.45) is 0 Å². The number of rotatable bonds is 9. The van der Waals surface area contributed by atoms with Crippen LogP contribution in [-0.2, 0) is 10.7 Å². The number of likely N-dealkylation sites (N-methyl/N-ethyl adjacent to an activating group) is 1. The van der Waals surface area contributed by atoms with Gasteiger partial charge in [-0.05, 0) is 18.6 Å². The average molecular weight is 369 g/mol. The third-order valence-corrected chi connectivity index (χ3v) is 3.23. The lowest BCUT2D eigenvalue weighted by molar-refractivity contribution is -0.128. The number of ether oxygens (including phenoxy) is 1. The van der Waals surface area contributed by atoms with Gasteiger partial charge in [-0.3, -0.25) is 4.79 Å². The van der Waals surface area contributed by atoms with Gasteiger partial charge in [0.1, 0.15) is 0 Å². The van der Waals surface area contributed by atoms with E-state index in [0.29, 0.717) is 6.42 Å². The van der Waals surface area contributed by atoms with Crippen molar-refractivity contribution < 1.29 is 22.7 Å². The Balaban J connectivity index is 0.00000529. The van der Waals surface area contributed by atoms with Crippen molar-refractivity contribution in [1.82, 2.24) is 10.2 Å². The second-order valence-electron chi connectivity index (χ2n) is 5.42. The number of hydrogen-bond donors (Lipinski definition) is 1. The minimum Gasteiger partial charge on any atom is -0.491 e. The molecule has 0 atom stereocenters. The number of halogens is 4. The third kappa shape index (κ3) is 6.57. The number of amides is 1. The number of nitrogens with one attached hydrogen (secondary N) is 1. The summed E-state index contributed by atoms with van der Waals surface area (Å²) in [6.45, 7) is 1.15. The highest BCUT2D eigenvalue weighted by Crippen LogP contribution is 2.33. The van der Waals surface area contributed by atoms with Crippen molar-refractivity contribution in [3.8, 4) is 5.75 Å². The van der Waals surface area contributed by atoms with E-state index in [2.05, 4.69) is 5.32 Å². The van der Waals surface area contributed by atoms with Crippen LogP contribution >= 0.6 is 12.4 Å². The minimum absolute atomic E-state index is 0. The molecular formula is C16H24ClF3N2O2. The summed E-state index contributed by atoms with van der Waals surface area (Å²) in [5, 5.41) is 2.36. The number of alkyl halides is 2. The molecule has 0 radical (unpaired) electrons. The Morgan fingerprint density at radius 1 is 1.33 bits per heavy atom. The molecule has 0 spiro atoms. The van der Waals surface area contributed by atoms with E-state index in [1.807, 2.05) is 6.92 Å². The molecule has 0 saturated heterocycles. The van der Waals surface area contributed by atoms with E-state index in [1.165, 1.54) is 31.1 Å². The summed E-state index contributed by atoms with van der Waals surface area (Å²) >= 11 is 0. The van der Waals surface area contributed by atoms with Gasteiger partial charge in [0.2, 0.25) is 5.91 Å². The summed E-state index contributed by atoms with van der Waals surface area (Å²) in [6.07, 6.45) is 1.58. The average Bonchev–Trinajstić information content (AvgIpc) is 2.48. The molecule has 1 N–H and O–H groups in total. The van der Waals surface area contributed by atoms with E-state index < -0.39 is 23.8 Å². The van der Waals surface area contributed by atoms with Gasteiger partial charge in [-0.2, -0.15) is 8.78 Å². The van der Waals surface area contributed by atoms with Gasteiger partial charge in [-0.15, -0.1) is 12.4 Å². The van der Waals surface area contributed by atoms with Crippen LogP contribution in [0, 0.1) is 5.82 Å². The van der Waals surface area contributed by atoms with Crippen LogP contribution in [0.15, 0.2) is 18.2 Å². The zero-order valence-corrected chi connectivity index (χ0v) is 14.9. The van der Waals surface area contributed by atoms with E-state index in [4.69, 9.17) is 4.74 Å². The van der Waals surface area contributed by atoms with Crippen LogP contribution in [0.1, 0.15) is 25.3 Å². The highest BCUT2D eigenvalue weighted by atomic mass is 35.5. The first kappa shape index (κ1) is 22.5. The molecule has 1 aromatic rings. The topological polar surface area (TPSA) is 41.6 Å². The largest absolute Gasteiger partial charge is 0.491 e. The molecule has 0 saturated carbocycles. The summed E-state index contributed by atoms with van der Waals surface area (Å²) in [6, 6.07) is 3.68. The molecule has 0 aliphatic carbocycles. The van der Waals surface area contributed by atoms with Crippen LogP contribution in [0.5, 0.6) is 5.75 Å². The normalized spacial score (nSPS) is 10.9. The first-order valence-corrected chi connectivity index (χ1v) is 7.50. The van der Waals surface area contributed by atoms with Crippen LogP contribution in [-0.4, -0.2) is 44.6 Å². The van der Waals surface area contributed by atoms with E-state index in [9.17, 15) is 18.0 Å². The molecule has 1 aromatic carbocycles. The maximum absolute atomic E-state index is 14.2. The Hall–Kier alpha value is -1.47. The monoisotopic (exact) mass is 368 g/mol. The summed E-state index contributed by atoms with van der Waals surface area (Å²) in [5.41, 5.74) is -0.740.